The van der Waals surface area contributed by atoms with E-state index in [1.54, 1.807) is 41.5 Å². The first-order valence-corrected chi connectivity index (χ1v) is 15.0. The highest BCUT2D eigenvalue weighted by Crippen LogP contribution is 2.24. The van der Waals surface area contributed by atoms with Gasteiger partial charge in [0.15, 0.2) is 0 Å². The van der Waals surface area contributed by atoms with E-state index in [0.717, 1.165) is 35.8 Å². The Balaban J connectivity index is 2.62. The van der Waals surface area contributed by atoms with Crippen LogP contribution >= 0.6 is 11.7 Å². The van der Waals surface area contributed by atoms with Crippen LogP contribution in [-0.4, -0.2) is 75.9 Å². The highest BCUT2D eigenvalue weighted by Gasteiger charge is 2.27. The van der Waals surface area contributed by atoms with Gasteiger partial charge in [-0.2, -0.15) is 4.37 Å². The van der Waals surface area contributed by atoms with Gasteiger partial charge in [-0.1, -0.05) is 32.3 Å². The zero-order chi connectivity index (χ0) is 31.1. The number of alkyl carbamates (subject to hydrolysis) is 1. The highest BCUT2D eigenvalue weighted by molar-refractivity contribution is 6.99. The van der Waals surface area contributed by atoms with Crippen LogP contribution in [0.25, 0.3) is 5.57 Å². The molecule has 0 aromatic carbocycles. The standard InChI is InChI=1S/C29H50N4O7S/c1-10-11-12-13-19-37-25-24(31-41-32-25)21(2)15-14-18-33(9)20-38-26(35)22(30-27(36)40-29(6,7)8)16-17-23(34)39-28(3,4)5/h15,22H,10-14,16-20H2,1-9H3,(H,30,36)/b21-15+/t22-/m0/s1. The number of esters is 2. The third-order valence-electron chi connectivity index (χ3n) is 5.49. The molecule has 0 spiro atoms. The number of aromatic nitrogens is 2. The first-order valence-electron chi connectivity index (χ1n) is 14.3. The van der Waals surface area contributed by atoms with Gasteiger partial charge in [0.1, 0.15) is 29.7 Å². The zero-order valence-electron chi connectivity index (χ0n) is 26.3. The number of nitrogens with one attached hydrogen (secondary N) is 1. The minimum Gasteiger partial charge on any atom is -0.475 e. The number of unbranched alkanes of at least 4 members (excludes halogenated alkanes) is 3. The summed E-state index contributed by atoms with van der Waals surface area (Å²) in [4.78, 5) is 39.2. The van der Waals surface area contributed by atoms with Gasteiger partial charge >= 0.3 is 18.0 Å². The van der Waals surface area contributed by atoms with Crippen molar-refractivity contribution in [2.75, 3.05) is 26.9 Å². The summed E-state index contributed by atoms with van der Waals surface area (Å²) in [5, 5.41) is 2.52. The molecule has 1 aromatic rings. The lowest BCUT2D eigenvalue weighted by Gasteiger charge is -2.24. The lowest BCUT2D eigenvalue weighted by molar-refractivity contribution is -0.156. The second-order valence-electron chi connectivity index (χ2n) is 12.0. The summed E-state index contributed by atoms with van der Waals surface area (Å²) < 4.78 is 30.5. The van der Waals surface area contributed by atoms with E-state index in [-0.39, 0.29) is 19.6 Å². The van der Waals surface area contributed by atoms with Crippen molar-refractivity contribution in [2.45, 2.75) is 118 Å². The molecule has 0 saturated heterocycles. The SMILES string of the molecule is CCCCCCOc1nsnc1/C(C)=C/CCN(C)COC(=O)[C@H](CCC(=O)OC(C)(C)C)NC(=O)OC(C)(C)C. The van der Waals surface area contributed by atoms with Gasteiger partial charge in [-0.05, 0) is 80.3 Å². The van der Waals surface area contributed by atoms with Gasteiger partial charge in [0, 0.05) is 13.0 Å². The fourth-order valence-electron chi connectivity index (χ4n) is 3.50. The number of nitrogens with zero attached hydrogens (tertiary/aromatic N) is 3. The molecule has 41 heavy (non-hydrogen) atoms. The van der Waals surface area contributed by atoms with Crippen molar-refractivity contribution in [1.82, 2.24) is 19.0 Å². The molecule has 1 amide bonds. The Hall–Kier alpha value is -2.73. The molecule has 0 aliphatic carbocycles. The van der Waals surface area contributed by atoms with E-state index in [0.29, 0.717) is 25.5 Å². The monoisotopic (exact) mass is 598 g/mol. The van der Waals surface area contributed by atoms with Crippen molar-refractivity contribution in [3.05, 3.63) is 11.8 Å². The zero-order valence-corrected chi connectivity index (χ0v) is 27.1. The van der Waals surface area contributed by atoms with E-state index in [4.69, 9.17) is 18.9 Å². The van der Waals surface area contributed by atoms with Crippen molar-refractivity contribution in [1.29, 1.82) is 0 Å². The van der Waals surface area contributed by atoms with Gasteiger partial charge < -0.3 is 24.3 Å². The molecule has 0 saturated carbocycles. The van der Waals surface area contributed by atoms with E-state index in [2.05, 4.69) is 21.0 Å². The molecular formula is C29H50N4O7S. The van der Waals surface area contributed by atoms with Crippen LogP contribution < -0.4 is 10.1 Å². The molecule has 1 heterocycles. The Labute approximate surface area is 249 Å². The maximum absolute atomic E-state index is 12.9. The summed E-state index contributed by atoms with van der Waals surface area (Å²) in [6.07, 6.45) is 6.42. The Morgan fingerprint density at radius 1 is 1.02 bits per heavy atom. The van der Waals surface area contributed by atoms with Crippen LogP contribution in [-0.2, 0) is 23.8 Å². The Morgan fingerprint density at radius 3 is 2.34 bits per heavy atom. The fourth-order valence-corrected chi connectivity index (χ4v) is 4.06. The summed E-state index contributed by atoms with van der Waals surface area (Å²) in [6, 6.07) is -1.06. The van der Waals surface area contributed by atoms with Crippen LogP contribution in [0.2, 0.25) is 0 Å². The van der Waals surface area contributed by atoms with E-state index in [9.17, 15) is 14.4 Å². The van der Waals surface area contributed by atoms with Crippen LogP contribution in [0.4, 0.5) is 4.79 Å². The second kappa shape index (κ2) is 17.9. The van der Waals surface area contributed by atoms with Crippen LogP contribution in [0, 0.1) is 0 Å². The fraction of sp³-hybridized carbons (Fsp3) is 0.759. The summed E-state index contributed by atoms with van der Waals surface area (Å²) >= 11 is 1.13. The predicted molar refractivity (Wildman–Crippen MR) is 160 cm³/mol. The lowest BCUT2D eigenvalue weighted by atomic mass is 10.1. The number of ether oxygens (including phenoxy) is 4. The number of rotatable bonds is 17. The van der Waals surface area contributed by atoms with Gasteiger partial charge in [0.2, 0.25) is 0 Å². The van der Waals surface area contributed by atoms with Crippen LogP contribution in [0.5, 0.6) is 5.88 Å². The molecule has 0 bridgehead atoms. The molecule has 1 atom stereocenters. The quantitative estimate of drug-likeness (QED) is 0.103. The van der Waals surface area contributed by atoms with Gasteiger partial charge in [-0.3, -0.25) is 9.69 Å². The third kappa shape index (κ3) is 17.0. The number of allylic oxidation sites excluding steroid dienone is 1. The third-order valence-corrected chi connectivity index (χ3v) is 6.00. The molecule has 0 aliphatic heterocycles. The topological polar surface area (TPSA) is 129 Å². The van der Waals surface area contributed by atoms with Crippen molar-refractivity contribution < 1.29 is 33.3 Å². The second-order valence-corrected chi connectivity index (χ2v) is 12.5. The minimum absolute atomic E-state index is 0.00896. The Morgan fingerprint density at radius 2 is 1.71 bits per heavy atom. The molecule has 1 N–H and O–H groups in total. The summed E-state index contributed by atoms with van der Waals surface area (Å²) in [5.41, 5.74) is 0.322. The van der Waals surface area contributed by atoms with Gasteiger partial charge in [-0.25, -0.2) is 9.59 Å². The minimum atomic E-state index is -1.06. The molecule has 1 rings (SSSR count). The summed E-state index contributed by atoms with van der Waals surface area (Å²) in [6.45, 7) is 15.8. The van der Waals surface area contributed by atoms with Crippen LogP contribution in [0.3, 0.4) is 0 Å². The van der Waals surface area contributed by atoms with E-state index in [1.807, 2.05) is 24.9 Å². The normalized spacial score (nSPS) is 13.1. The highest BCUT2D eigenvalue weighted by atomic mass is 32.1. The van der Waals surface area contributed by atoms with E-state index >= 15 is 0 Å². The lowest BCUT2D eigenvalue weighted by Crippen LogP contribution is -2.45. The average Bonchev–Trinajstić information content (AvgIpc) is 3.31. The largest absolute Gasteiger partial charge is 0.475 e. The molecule has 0 aliphatic rings. The Bertz CT molecular complexity index is 983. The molecular weight excluding hydrogens is 548 g/mol. The van der Waals surface area contributed by atoms with Crippen molar-refractivity contribution in [3.8, 4) is 5.88 Å². The predicted octanol–water partition coefficient (Wildman–Crippen LogP) is 5.74. The Kier molecular flexibility index (Phi) is 15.9. The molecule has 0 unspecified atom stereocenters. The van der Waals surface area contributed by atoms with Crippen molar-refractivity contribution in [2.24, 2.45) is 0 Å². The summed E-state index contributed by atoms with van der Waals surface area (Å²) in [7, 11) is 1.82. The maximum Gasteiger partial charge on any atom is 0.408 e. The first-order chi connectivity index (χ1) is 19.1. The van der Waals surface area contributed by atoms with Gasteiger partial charge in [-0.15, -0.1) is 4.37 Å². The molecule has 234 valence electrons. The van der Waals surface area contributed by atoms with E-state index < -0.39 is 35.3 Å². The number of hydrogen-bond acceptors (Lipinski definition) is 11. The first kappa shape index (κ1) is 36.3. The van der Waals surface area contributed by atoms with Crippen molar-refractivity contribution in [3.63, 3.8) is 0 Å². The molecule has 0 radical (unpaired) electrons. The molecule has 11 nitrogen and oxygen atoms in total. The number of hydrogen-bond donors (Lipinski definition) is 1. The molecule has 0 fully saturated rings. The molecule has 12 heteroatoms. The average molecular weight is 599 g/mol. The van der Waals surface area contributed by atoms with Gasteiger partial charge in [0.05, 0.1) is 18.3 Å². The number of carbonyl (C=O) groups is 3. The number of carbonyl (C=O) groups excluding carboxylic acids is 3. The molecule has 1 aromatic heterocycles. The summed E-state index contributed by atoms with van der Waals surface area (Å²) in [5.74, 6) is -0.564. The van der Waals surface area contributed by atoms with Gasteiger partial charge in [0.25, 0.3) is 5.88 Å². The smallest absolute Gasteiger partial charge is 0.408 e. The van der Waals surface area contributed by atoms with Crippen LogP contribution in [0.15, 0.2) is 6.08 Å². The van der Waals surface area contributed by atoms with Crippen LogP contribution in [0.1, 0.15) is 106 Å². The van der Waals surface area contributed by atoms with E-state index in [1.165, 1.54) is 12.8 Å². The van der Waals surface area contributed by atoms with Crippen molar-refractivity contribution >= 4 is 35.3 Å². The number of amides is 1. The maximum atomic E-state index is 12.9.